The van der Waals surface area contributed by atoms with Crippen molar-refractivity contribution < 1.29 is 28.3 Å². The van der Waals surface area contributed by atoms with Gasteiger partial charge >= 0.3 is 0 Å². The van der Waals surface area contributed by atoms with Crippen LogP contribution in [-0.2, 0) is 9.53 Å². The zero-order valence-electron chi connectivity index (χ0n) is 19.8. The Hall–Kier alpha value is -3.62. The van der Waals surface area contributed by atoms with Crippen molar-refractivity contribution in [3.8, 4) is 0 Å². The quantitative estimate of drug-likeness (QED) is 0.173. The molecule has 3 aromatic carbocycles. The molecule has 0 aromatic heterocycles. The average Bonchev–Trinajstić information content (AvgIpc) is 2.91. The van der Waals surface area contributed by atoms with Crippen LogP contribution in [0, 0.1) is 17.6 Å². The van der Waals surface area contributed by atoms with Gasteiger partial charge in [0.2, 0.25) is 5.91 Å². The Kier molecular flexibility index (Phi) is 10.5. The summed E-state index contributed by atoms with van der Waals surface area (Å²) in [4.78, 5) is 23.9. The molecule has 0 saturated heterocycles. The first kappa shape index (κ1) is 27.0. The molecule has 1 atom stereocenters. The number of rotatable bonds is 13. The van der Waals surface area contributed by atoms with E-state index in [1.807, 2.05) is 6.07 Å². The number of carbonyl (C=O) groups is 2. The van der Waals surface area contributed by atoms with Gasteiger partial charge in [0.05, 0.1) is 6.61 Å². The molecule has 3 rings (SSSR count). The fourth-order valence-electron chi connectivity index (χ4n) is 3.88. The Labute approximate surface area is 209 Å². The van der Waals surface area contributed by atoms with Crippen LogP contribution in [-0.4, -0.2) is 30.2 Å². The summed E-state index contributed by atoms with van der Waals surface area (Å²) in [5.41, 5.74) is 3.65. The van der Waals surface area contributed by atoms with E-state index in [0.717, 1.165) is 0 Å². The molecule has 0 aliphatic carbocycles. The number of halogens is 2. The molecule has 36 heavy (non-hydrogen) atoms. The largest absolute Gasteiger partial charge is 0.369 e. The van der Waals surface area contributed by atoms with Crippen LogP contribution in [0.2, 0.25) is 0 Å². The van der Waals surface area contributed by atoms with Crippen molar-refractivity contribution in [2.24, 2.45) is 5.92 Å². The summed E-state index contributed by atoms with van der Waals surface area (Å²) in [6.07, 6.45) is 1.33. The molecule has 190 valence electrons. The Morgan fingerprint density at radius 2 is 1.42 bits per heavy atom. The standard InChI is InChI=1S/C28H30F2N2O4/c29-24-13-9-21(10-14-24)27(22-11-15-25(30)16-12-22)36-19-20(8-17-26(33)32-35)5-4-18-31-28(34)23-6-2-1-3-7-23/h1-3,6-7,9-16,20,27,35H,4-5,8,17-19H2,(H,31,34)(H,32,33). The Morgan fingerprint density at radius 3 is 1.97 bits per heavy atom. The predicted molar refractivity (Wildman–Crippen MR) is 131 cm³/mol. The molecule has 0 fully saturated rings. The van der Waals surface area contributed by atoms with Crippen molar-refractivity contribution in [1.29, 1.82) is 0 Å². The van der Waals surface area contributed by atoms with Crippen LogP contribution in [0.3, 0.4) is 0 Å². The minimum absolute atomic E-state index is 0.0562. The monoisotopic (exact) mass is 496 g/mol. The zero-order valence-corrected chi connectivity index (χ0v) is 19.8. The molecule has 8 heteroatoms. The molecule has 3 N–H and O–H groups in total. The lowest BCUT2D eigenvalue weighted by atomic mass is 9.97. The maximum Gasteiger partial charge on any atom is 0.251 e. The van der Waals surface area contributed by atoms with Gasteiger partial charge in [0.15, 0.2) is 0 Å². The average molecular weight is 497 g/mol. The van der Waals surface area contributed by atoms with Crippen molar-refractivity contribution in [3.05, 3.63) is 107 Å². The normalized spacial score (nSPS) is 11.8. The number of hydroxylamine groups is 1. The first-order valence-electron chi connectivity index (χ1n) is 11.8. The first-order chi connectivity index (χ1) is 17.5. The molecular weight excluding hydrogens is 466 g/mol. The number of hydrogen-bond acceptors (Lipinski definition) is 4. The van der Waals surface area contributed by atoms with Crippen LogP contribution < -0.4 is 10.8 Å². The van der Waals surface area contributed by atoms with E-state index in [-0.39, 0.29) is 36.5 Å². The Balaban J connectivity index is 1.63. The molecule has 0 radical (unpaired) electrons. The second-order valence-electron chi connectivity index (χ2n) is 8.52. The second-order valence-corrected chi connectivity index (χ2v) is 8.52. The first-order valence-corrected chi connectivity index (χ1v) is 11.8. The van der Waals surface area contributed by atoms with Gasteiger partial charge in [-0.2, -0.15) is 0 Å². The number of benzene rings is 3. The van der Waals surface area contributed by atoms with E-state index in [9.17, 15) is 18.4 Å². The highest BCUT2D eigenvalue weighted by Gasteiger charge is 2.19. The van der Waals surface area contributed by atoms with Crippen LogP contribution in [0.4, 0.5) is 8.78 Å². The second kappa shape index (κ2) is 14.1. The molecule has 6 nitrogen and oxygen atoms in total. The number of carbonyl (C=O) groups excluding carboxylic acids is 2. The van der Waals surface area contributed by atoms with Gasteiger partial charge in [-0.25, -0.2) is 14.3 Å². The van der Waals surface area contributed by atoms with Crippen LogP contribution in [0.1, 0.15) is 53.3 Å². The Bertz CT molecular complexity index is 1050. The van der Waals surface area contributed by atoms with Gasteiger partial charge in [-0.05, 0) is 72.7 Å². The van der Waals surface area contributed by atoms with Gasteiger partial charge in [0.25, 0.3) is 5.91 Å². The molecule has 0 bridgehead atoms. The molecule has 0 spiro atoms. The summed E-state index contributed by atoms with van der Waals surface area (Å²) in [6.45, 7) is 0.723. The van der Waals surface area contributed by atoms with Gasteiger partial charge in [0, 0.05) is 18.5 Å². The predicted octanol–water partition coefficient (Wildman–Crippen LogP) is 5.18. The highest BCUT2D eigenvalue weighted by molar-refractivity contribution is 5.94. The van der Waals surface area contributed by atoms with Gasteiger partial charge in [-0.3, -0.25) is 14.8 Å². The van der Waals surface area contributed by atoms with Crippen molar-refractivity contribution in [2.45, 2.75) is 31.8 Å². The van der Waals surface area contributed by atoms with Crippen molar-refractivity contribution >= 4 is 11.8 Å². The molecule has 2 amide bonds. The minimum Gasteiger partial charge on any atom is -0.369 e. The van der Waals surface area contributed by atoms with Crippen LogP contribution in [0.25, 0.3) is 0 Å². The smallest absolute Gasteiger partial charge is 0.251 e. The maximum atomic E-state index is 13.5. The third kappa shape index (κ3) is 8.55. The molecule has 1 unspecified atom stereocenters. The molecule has 0 heterocycles. The zero-order chi connectivity index (χ0) is 25.8. The fourth-order valence-corrected chi connectivity index (χ4v) is 3.88. The number of nitrogens with one attached hydrogen (secondary N) is 2. The highest BCUT2D eigenvalue weighted by Crippen LogP contribution is 2.28. The Morgan fingerprint density at radius 1 is 0.833 bits per heavy atom. The lowest BCUT2D eigenvalue weighted by Gasteiger charge is -2.23. The van der Waals surface area contributed by atoms with E-state index in [1.54, 1.807) is 54.0 Å². The summed E-state index contributed by atoms with van der Waals surface area (Å²) in [7, 11) is 0. The summed E-state index contributed by atoms with van der Waals surface area (Å²) >= 11 is 0. The summed E-state index contributed by atoms with van der Waals surface area (Å²) < 4.78 is 33.2. The maximum absolute atomic E-state index is 13.5. The van der Waals surface area contributed by atoms with E-state index in [4.69, 9.17) is 9.94 Å². The van der Waals surface area contributed by atoms with Gasteiger partial charge in [-0.15, -0.1) is 0 Å². The van der Waals surface area contributed by atoms with Crippen LogP contribution in [0.5, 0.6) is 0 Å². The van der Waals surface area contributed by atoms with Crippen molar-refractivity contribution in [3.63, 3.8) is 0 Å². The number of hydrogen-bond donors (Lipinski definition) is 3. The highest BCUT2D eigenvalue weighted by atomic mass is 19.1. The SMILES string of the molecule is O=C(CCC(CCCNC(=O)c1ccccc1)COC(c1ccc(F)cc1)c1ccc(F)cc1)NO. The number of ether oxygens (including phenoxy) is 1. The molecule has 0 aliphatic rings. The fraction of sp³-hybridized carbons (Fsp3) is 0.286. The van der Waals surface area contributed by atoms with Crippen LogP contribution in [0.15, 0.2) is 78.9 Å². The topological polar surface area (TPSA) is 87.7 Å². The third-order valence-corrected chi connectivity index (χ3v) is 5.86. The third-order valence-electron chi connectivity index (χ3n) is 5.86. The summed E-state index contributed by atoms with van der Waals surface area (Å²) in [6, 6.07) is 20.8. The lowest BCUT2D eigenvalue weighted by molar-refractivity contribution is -0.129. The van der Waals surface area contributed by atoms with Gasteiger partial charge in [-0.1, -0.05) is 42.5 Å². The molecule has 0 aliphatic heterocycles. The number of amides is 2. The summed E-state index contributed by atoms with van der Waals surface area (Å²) in [5.74, 6) is -1.45. The summed E-state index contributed by atoms with van der Waals surface area (Å²) in [5, 5.41) is 11.7. The molecule has 0 saturated carbocycles. The van der Waals surface area contributed by atoms with E-state index in [0.29, 0.717) is 42.5 Å². The van der Waals surface area contributed by atoms with Gasteiger partial charge in [0.1, 0.15) is 17.7 Å². The van der Waals surface area contributed by atoms with Crippen molar-refractivity contribution in [2.75, 3.05) is 13.2 Å². The minimum atomic E-state index is -0.557. The lowest BCUT2D eigenvalue weighted by Crippen LogP contribution is -2.25. The van der Waals surface area contributed by atoms with E-state index >= 15 is 0 Å². The van der Waals surface area contributed by atoms with Gasteiger partial charge < -0.3 is 10.1 Å². The van der Waals surface area contributed by atoms with Crippen LogP contribution >= 0.6 is 0 Å². The van der Waals surface area contributed by atoms with Crippen molar-refractivity contribution in [1.82, 2.24) is 10.8 Å². The van der Waals surface area contributed by atoms with E-state index in [1.165, 1.54) is 24.3 Å². The molecule has 3 aromatic rings. The van der Waals surface area contributed by atoms with E-state index in [2.05, 4.69) is 5.32 Å². The van der Waals surface area contributed by atoms with E-state index < -0.39 is 12.0 Å². The molecular formula is C28H30F2N2O4.